The summed E-state index contributed by atoms with van der Waals surface area (Å²) < 4.78 is 78.0. The summed E-state index contributed by atoms with van der Waals surface area (Å²) in [6, 6.07) is 16.9. The Balaban J connectivity index is 0.000000796. The van der Waals surface area contributed by atoms with Gasteiger partial charge in [-0.15, -0.1) is 0 Å². The lowest BCUT2D eigenvalue weighted by Crippen LogP contribution is -2.25. The van der Waals surface area contributed by atoms with E-state index in [1.165, 1.54) is 26.2 Å². The van der Waals surface area contributed by atoms with Gasteiger partial charge in [-0.1, -0.05) is 117 Å². The van der Waals surface area contributed by atoms with Crippen LogP contribution in [0.15, 0.2) is 116 Å². The first-order valence-corrected chi connectivity index (χ1v) is 15.3. The topological polar surface area (TPSA) is 38.9 Å². The van der Waals surface area contributed by atoms with Crippen molar-refractivity contribution in [3.8, 4) is 0 Å². The van der Waals surface area contributed by atoms with Crippen molar-refractivity contribution in [2.24, 2.45) is 11.7 Å². The van der Waals surface area contributed by atoms with Gasteiger partial charge in [0.15, 0.2) is 0 Å². The van der Waals surface area contributed by atoms with Gasteiger partial charge in [0.2, 0.25) is 0 Å². The van der Waals surface area contributed by atoms with Crippen LogP contribution < -0.4 is 5.73 Å². The highest BCUT2D eigenvalue weighted by atomic mass is 35.5. The minimum atomic E-state index is -4.31. The lowest BCUT2D eigenvalue weighted by atomic mass is 9.90. The third-order valence-corrected chi connectivity index (χ3v) is 6.69. The fraction of sp³-hybridized carbons (Fsp3) is 0.324. The average molecular weight is 667 g/mol. The summed E-state index contributed by atoms with van der Waals surface area (Å²) in [6.07, 6.45) is 3.27. The quantitative estimate of drug-likeness (QED) is 0.126. The molecule has 0 saturated heterocycles. The van der Waals surface area contributed by atoms with E-state index in [4.69, 9.17) is 11.6 Å². The molecule has 0 spiro atoms. The van der Waals surface area contributed by atoms with E-state index in [1.807, 2.05) is 44.2 Å². The van der Waals surface area contributed by atoms with Crippen LogP contribution in [0.1, 0.15) is 54.6 Å². The SMILES string of the molecule is C=C/C=C\C=C/CCC(C(=C)Cc1ccccc1)C(F)(F)F.CC.CN.Cc1c(CCc2ccc(Cl)cn2)cccc1C(F)(F)F. The number of alkyl halides is 6. The van der Waals surface area contributed by atoms with Crippen molar-refractivity contribution >= 4 is 11.6 Å². The van der Waals surface area contributed by atoms with Crippen LogP contribution in [0, 0.1) is 12.8 Å². The Kier molecular flexibility index (Phi) is 21.0. The summed E-state index contributed by atoms with van der Waals surface area (Å²) in [5.74, 6) is -1.47. The van der Waals surface area contributed by atoms with E-state index in [2.05, 4.69) is 23.9 Å². The standard InChI is InChI=1S/C19H21F3.C15H13ClF3N.C2H6.CH5N/c1-3-4-5-6-7-11-14-18(19(20,21)22)16(2)15-17-12-9-8-10-13-17;1-10-11(3-2-4-14(10)15(17,18)19)5-7-13-8-6-12(16)9-20-13;2*1-2/h3-10,12-13,18H,1-2,11,14-15H2;2-4,6,8-9H,5,7H2,1H3;1-2H3;2H2,1H3/b5-4-,7-6-;;;. The maximum Gasteiger partial charge on any atom is 0.416 e. The summed E-state index contributed by atoms with van der Waals surface area (Å²) in [4.78, 5) is 4.14. The molecule has 0 radical (unpaired) electrons. The highest BCUT2D eigenvalue weighted by molar-refractivity contribution is 6.30. The second-order valence-corrected chi connectivity index (χ2v) is 10.0. The number of allylic oxidation sites excluding steroid dienone is 6. The molecule has 2 nitrogen and oxygen atoms in total. The molecule has 1 atom stereocenters. The van der Waals surface area contributed by atoms with Gasteiger partial charge in [0, 0.05) is 11.9 Å². The Morgan fingerprint density at radius 2 is 1.54 bits per heavy atom. The van der Waals surface area contributed by atoms with Gasteiger partial charge in [0.05, 0.1) is 16.5 Å². The minimum absolute atomic E-state index is 0.0214. The monoisotopic (exact) mass is 666 g/mol. The van der Waals surface area contributed by atoms with Crippen molar-refractivity contribution < 1.29 is 26.3 Å². The Labute approximate surface area is 275 Å². The van der Waals surface area contributed by atoms with Crippen LogP contribution in [0.25, 0.3) is 0 Å². The highest BCUT2D eigenvalue weighted by Crippen LogP contribution is 2.36. The molecule has 1 aromatic heterocycles. The van der Waals surface area contributed by atoms with E-state index in [1.54, 1.807) is 48.6 Å². The molecule has 0 bridgehead atoms. The Morgan fingerprint density at radius 3 is 2.09 bits per heavy atom. The zero-order valence-corrected chi connectivity index (χ0v) is 27.7. The molecule has 1 heterocycles. The molecule has 3 aromatic rings. The molecule has 0 aliphatic heterocycles. The van der Waals surface area contributed by atoms with Crippen LogP contribution in [0.5, 0.6) is 0 Å². The summed E-state index contributed by atoms with van der Waals surface area (Å²) in [6.45, 7) is 12.7. The first kappa shape index (κ1) is 42.4. The molecule has 2 aromatic carbocycles. The lowest BCUT2D eigenvalue weighted by molar-refractivity contribution is -0.165. The minimum Gasteiger partial charge on any atom is -0.333 e. The zero-order valence-electron chi connectivity index (χ0n) is 26.9. The van der Waals surface area contributed by atoms with Gasteiger partial charge in [0.1, 0.15) is 0 Å². The molecule has 0 amide bonds. The molecule has 0 aliphatic carbocycles. The lowest BCUT2D eigenvalue weighted by Gasteiger charge is -2.22. The van der Waals surface area contributed by atoms with Gasteiger partial charge in [-0.05, 0) is 81.0 Å². The van der Waals surface area contributed by atoms with Crippen molar-refractivity contribution in [2.45, 2.75) is 65.2 Å². The molecule has 252 valence electrons. The molecule has 0 fully saturated rings. The Hall–Kier alpha value is -3.62. The van der Waals surface area contributed by atoms with E-state index in [0.29, 0.717) is 29.8 Å². The normalized spacial score (nSPS) is 11.8. The fourth-order valence-electron chi connectivity index (χ4n) is 4.24. The molecular formula is C37H45ClF6N2. The van der Waals surface area contributed by atoms with Crippen LogP contribution in [-0.4, -0.2) is 18.2 Å². The van der Waals surface area contributed by atoms with Gasteiger partial charge >= 0.3 is 12.4 Å². The largest absolute Gasteiger partial charge is 0.416 e. The number of nitrogens with two attached hydrogens (primary N) is 1. The molecule has 3 rings (SSSR count). The van der Waals surface area contributed by atoms with Crippen molar-refractivity contribution in [2.75, 3.05) is 7.05 Å². The number of aryl methyl sites for hydroxylation is 2. The van der Waals surface area contributed by atoms with Crippen molar-refractivity contribution in [1.29, 1.82) is 0 Å². The second kappa shape index (κ2) is 22.8. The van der Waals surface area contributed by atoms with Crippen LogP contribution >= 0.6 is 11.6 Å². The highest BCUT2D eigenvalue weighted by Gasteiger charge is 2.40. The van der Waals surface area contributed by atoms with Crippen LogP contribution in [0.4, 0.5) is 26.3 Å². The van der Waals surface area contributed by atoms with Gasteiger partial charge in [-0.2, -0.15) is 26.3 Å². The molecule has 2 N–H and O–H groups in total. The van der Waals surface area contributed by atoms with Crippen molar-refractivity contribution in [1.82, 2.24) is 4.98 Å². The number of hydrogen-bond donors (Lipinski definition) is 1. The van der Waals surface area contributed by atoms with Gasteiger partial charge in [-0.25, -0.2) is 0 Å². The number of pyridine rings is 1. The third kappa shape index (κ3) is 16.6. The Morgan fingerprint density at radius 1 is 0.891 bits per heavy atom. The van der Waals surface area contributed by atoms with Crippen molar-refractivity contribution in [3.05, 3.63) is 149 Å². The van der Waals surface area contributed by atoms with Crippen LogP contribution in [-0.2, 0) is 25.4 Å². The second-order valence-electron chi connectivity index (χ2n) is 9.60. The summed E-state index contributed by atoms with van der Waals surface area (Å²) in [5, 5.41) is 0.545. The number of halogens is 7. The molecular weight excluding hydrogens is 622 g/mol. The zero-order chi connectivity index (χ0) is 35.2. The molecule has 0 aliphatic rings. The molecule has 1 unspecified atom stereocenters. The number of benzene rings is 2. The number of hydrogen-bond acceptors (Lipinski definition) is 2. The predicted molar refractivity (Wildman–Crippen MR) is 181 cm³/mol. The average Bonchev–Trinajstić information content (AvgIpc) is 3.02. The van der Waals surface area contributed by atoms with Crippen LogP contribution in [0.2, 0.25) is 5.02 Å². The first-order chi connectivity index (χ1) is 21.8. The van der Waals surface area contributed by atoms with E-state index in [9.17, 15) is 26.3 Å². The maximum atomic E-state index is 13.2. The number of rotatable bonds is 11. The van der Waals surface area contributed by atoms with E-state index in [0.717, 1.165) is 17.3 Å². The smallest absolute Gasteiger partial charge is 0.333 e. The molecule has 9 heteroatoms. The van der Waals surface area contributed by atoms with Gasteiger partial charge < -0.3 is 5.73 Å². The van der Waals surface area contributed by atoms with Gasteiger partial charge in [-0.3, -0.25) is 4.98 Å². The van der Waals surface area contributed by atoms with E-state index < -0.39 is 23.8 Å². The third-order valence-electron chi connectivity index (χ3n) is 6.47. The molecule has 0 saturated carbocycles. The van der Waals surface area contributed by atoms with Crippen LogP contribution in [0.3, 0.4) is 0 Å². The fourth-order valence-corrected chi connectivity index (χ4v) is 4.35. The summed E-state index contributed by atoms with van der Waals surface area (Å²) in [7, 11) is 1.50. The van der Waals surface area contributed by atoms with E-state index in [-0.39, 0.29) is 24.0 Å². The first-order valence-electron chi connectivity index (χ1n) is 14.9. The maximum absolute atomic E-state index is 13.2. The summed E-state index contributed by atoms with van der Waals surface area (Å²) >= 11 is 5.74. The Bertz CT molecular complexity index is 1330. The predicted octanol–water partition coefficient (Wildman–Crippen LogP) is 11.5. The number of aromatic nitrogens is 1. The number of nitrogens with zero attached hydrogens (tertiary/aromatic N) is 1. The van der Waals surface area contributed by atoms with Gasteiger partial charge in [0.25, 0.3) is 0 Å². The molecule has 46 heavy (non-hydrogen) atoms. The van der Waals surface area contributed by atoms with E-state index >= 15 is 0 Å². The summed E-state index contributed by atoms with van der Waals surface area (Å²) in [5.41, 5.74) is 6.79. The van der Waals surface area contributed by atoms with Crippen molar-refractivity contribution in [3.63, 3.8) is 0 Å².